The second kappa shape index (κ2) is 5.19. The van der Waals surface area contributed by atoms with E-state index in [0.717, 1.165) is 29.9 Å². The molecule has 92 valence electrons. The molecule has 4 nitrogen and oxygen atoms in total. The SMILES string of the molecule is Cc1cc(N2CCNC(=O)CC2)ccc1CO. The summed E-state index contributed by atoms with van der Waals surface area (Å²) < 4.78 is 0. The summed E-state index contributed by atoms with van der Waals surface area (Å²) in [6.07, 6.45) is 0.542. The summed E-state index contributed by atoms with van der Waals surface area (Å²) in [5, 5.41) is 12.0. The number of benzene rings is 1. The number of hydrogen-bond donors (Lipinski definition) is 2. The van der Waals surface area contributed by atoms with Crippen LogP contribution in [0.2, 0.25) is 0 Å². The minimum Gasteiger partial charge on any atom is -0.392 e. The molecule has 1 amide bonds. The number of nitrogens with one attached hydrogen (secondary N) is 1. The fourth-order valence-electron chi connectivity index (χ4n) is 2.08. The Kier molecular flexibility index (Phi) is 3.64. The molecule has 2 N–H and O–H groups in total. The van der Waals surface area contributed by atoms with Crippen molar-refractivity contribution in [1.29, 1.82) is 0 Å². The molecule has 1 aliphatic heterocycles. The third-order valence-electron chi connectivity index (χ3n) is 3.17. The van der Waals surface area contributed by atoms with Gasteiger partial charge in [0.15, 0.2) is 0 Å². The molecule has 1 fully saturated rings. The van der Waals surface area contributed by atoms with Crippen molar-refractivity contribution in [1.82, 2.24) is 5.32 Å². The van der Waals surface area contributed by atoms with Gasteiger partial charge in [-0.2, -0.15) is 0 Å². The molecule has 0 saturated carbocycles. The molecule has 1 aromatic carbocycles. The Morgan fingerprint density at radius 3 is 2.94 bits per heavy atom. The molecule has 0 radical (unpaired) electrons. The smallest absolute Gasteiger partial charge is 0.221 e. The summed E-state index contributed by atoms with van der Waals surface area (Å²) in [6.45, 7) is 4.36. The van der Waals surface area contributed by atoms with Gasteiger partial charge in [0, 0.05) is 31.7 Å². The zero-order chi connectivity index (χ0) is 12.3. The van der Waals surface area contributed by atoms with E-state index in [1.165, 1.54) is 0 Å². The van der Waals surface area contributed by atoms with Crippen molar-refractivity contribution in [3.05, 3.63) is 29.3 Å². The topological polar surface area (TPSA) is 52.6 Å². The lowest BCUT2D eigenvalue weighted by molar-refractivity contribution is -0.120. The lowest BCUT2D eigenvalue weighted by Crippen LogP contribution is -2.28. The molecule has 1 aromatic rings. The van der Waals surface area contributed by atoms with Crippen LogP contribution in [0.25, 0.3) is 0 Å². The number of nitrogens with zero attached hydrogens (tertiary/aromatic N) is 1. The molecule has 17 heavy (non-hydrogen) atoms. The monoisotopic (exact) mass is 234 g/mol. The second-order valence-corrected chi connectivity index (χ2v) is 4.36. The molecule has 0 bridgehead atoms. The Morgan fingerprint density at radius 2 is 2.24 bits per heavy atom. The number of carbonyl (C=O) groups is 1. The van der Waals surface area contributed by atoms with Gasteiger partial charge in [-0.25, -0.2) is 0 Å². The number of aliphatic hydroxyl groups is 1. The highest BCUT2D eigenvalue weighted by Gasteiger charge is 2.14. The molecular formula is C13H18N2O2. The first-order valence-electron chi connectivity index (χ1n) is 5.93. The maximum Gasteiger partial charge on any atom is 0.221 e. The molecule has 4 heteroatoms. The Bertz CT molecular complexity index is 418. The summed E-state index contributed by atoms with van der Waals surface area (Å²) in [4.78, 5) is 13.5. The minimum absolute atomic E-state index is 0.0756. The molecule has 1 heterocycles. The molecule has 0 aromatic heterocycles. The maximum absolute atomic E-state index is 11.3. The van der Waals surface area contributed by atoms with Gasteiger partial charge in [-0.15, -0.1) is 0 Å². The van der Waals surface area contributed by atoms with E-state index in [9.17, 15) is 4.79 Å². The van der Waals surface area contributed by atoms with Crippen LogP contribution >= 0.6 is 0 Å². The third-order valence-corrected chi connectivity index (χ3v) is 3.17. The van der Waals surface area contributed by atoms with Crippen LogP contribution in [-0.4, -0.2) is 30.6 Å². The Morgan fingerprint density at radius 1 is 1.41 bits per heavy atom. The van der Waals surface area contributed by atoms with Crippen molar-refractivity contribution in [3.63, 3.8) is 0 Å². The molecule has 2 rings (SSSR count). The van der Waals surface area contributed by atoms with E-state index in [4.69, 9.17) is 5.11 Å². The van der Waals surface area contributed by atoms with Crippen molar-refractivity contribution in [2.24, 2.45) is 0 Å². The summed E-state index contributed by atoms with van der Waals surface area (Å²) in [5.41, 5.74) is 3.17. The van der Waals surface area contributed by atoms with E-state index in [-0.39, 0.29) is 12.5 Å². The zero-order valence-electron chi connectivity index (χ0n) is 10.1. The van der Waals surface area contributed by atoms with Gasteiger partial charge in [0.25, 0.3) is 0 Å². The Labute approximate surface area is 101 Å². The summed E-state index contributed by atoms with van der Waals surface area (Å²) >= 11 is 0. The van der Waals surface area contributed by atoms with Crippen molar-refractivity contribution >= 4 is 11.6 Å². The number of hydrogen-bond acceptors (Lipinski definition) is 3. The van der Waals surface area contributed by atoms with Crippen LogP contribution in [0.5, 0.6) is 0 Å². The molecule has 1 aliphatic rings. The Hall–Kier alpha value is -1.55. The average molecular weight is 234 g/mol. The molecule has 0 spiro atoms. The fourth-order valence-corrected chi connectivity index (χ4v) is 2.08. The average Bonchev–Trinajstić information content (AvgIpc) is 2.54. The van der Waals surface area contributed by atoms with E-state index >= 15 is 0 Å². The minimum atomic E-state index is 0.0756. The van der Waals surface area contributed by atoms with Crippen molar-refractivity contribution in [2.45, 2.75) is 20.0 Å². The number of carbonyl (C=O) groups excluding carboxylic acids is 1. The standard InChI is InChI=1S/C13H18N2O2/c1-10-8-12(3-2-11(10)9-16)15-6-4-13(17)14-5-7-15/h2-3,8,16H,4-7,9H2,1H3,(H,14,17). The van der Waals surface area contributed by atoms with Crippen LogP contribution < -0.4 is 10.2 Å². The lowest BCUT2D eigenvalue weighted by Gasteiger charge is -2.22. The van der Waals surface area contributed by atoms with Gasteiger partial charge >= 0.3 is 0 Å². The van der Waals surface area contributed by atoms with E-state index in [1.807, 2.05) is 19.1 Å². The van der Waals surface area contributed by atoms with Gasteiger partial charge in [0.1, 0.15) is 0 Å². The van der Waals surface area contributed by atoms with Gasteiger partial charge in [0.05, 0.1) is 6.61 Å². The number of aliphatic hydroxyl groups excluding tert-OH is 1. The van der Waals surface area contributed by atoms with Crippen LogP contribution in [-0.2, 0) is 11.4 Å². The van der Waals surface area contributed by atoms with Gasteiger partial charge in [0.2, 0.25) is 5.91 Å². The summed E-state index contributed by atoms with van der Waals surface area (Å²) in [5.74, 6) is 0.121. The van der Waals surface area contributed by atoms with E-state index in [1.54, 1.807) is 0 Å². The summed E-state index contributed by atoms with van der Waals surface area (Å²) in [7, 11) is 0. The highest BCUT2D eigenvalue weighted by Crippen LogP contribution is 2.20. The second-order valence-electron chi connectivity index (χ2n) is 4.36. The van der Waals surface area contributed by atoms with Gasteiger partial charge in [-0.1, -0.05) is 6.07 Å². The van der Waals surface area contributed by atoms with Crippen molar-refractivity contribution in [3.8, 4) is 0 Å². The molecular weight excluding hydrogens is 216 g/mol. The quantitative estimate of drug-likeness (QED) is 0.796. The maximum atomic E-state index is 11.3. The number of anilines is 1. The van der Waals surface area contributed by atoms with Gasteiger partial charge < -0.3 is 15.3 Å². The predicted octanol–water partition coefficient (Wildman–Crippen LogP) is 0.814. The lowest BCUT2D eigenvalue weighted by atomic mass is 10.1. The predicted molar refractivity (Wildman–Crippen MR) is 66.9 cm³/mol. The normalized spacial score (nSPS) is 16.6. The summed E-state index contributed by atoms with van der Waals surface area (Å²) in [6, 6.07) is 6.03. The van der Waals surface area contributed by atoms with Crippen molar-refractivity contribution < 1.29 is 9.90 Å². The van der Waals surface area contributed by atoms with Crippen LogP contribution in [0.15, 0.2) is 18.2 Å². The highest BCUT2D eigenvalue weighted by atomic mass is 16.3. The fraction of sp³-hybridized carbons (Fsp3) is 0.462. The molecule has 0 unspecified atom stereocenters. The van der Waals surface area contributed by atoms with Gasteiger partial charge in [-0.3, -0.25) is 4.79 Å². The van der Waals surface area contributed by atoms with E-state index in [0.29, 0.717) is 13.0 Å². The van der Waals surface area contributed by atoms with E-state index in [2.05, 4.69) is 16.3 Å². The number of aryl methyl sites for hydroxylation is 1. The van der Waals surface area contributed by atoms with Crippen molar-refractivity contribution in [2.75, 3.05) is 24.5 Å². The molecule has 0 aliphatic carbocycles. The largest absolute Gasteiger partial charge is 0.392 e. The van der Waals surface area contributed by atoms with Crippen LogP contribution in [0.3, 0.4) is 0 Å². The molecule has 1 saturated heterocycles. The van der Waals surface area contributed by atoms with Crippen LogP contribution in [0.4, 0.5) is 5.69 Å². The first kappa shape index (κ1) is 11.9. The third kappa shape index (κ3) is 2.77. The first-order chi connectivity index (χ1) is 8.20. The zero-order valence-corrected chi connectivity index (χ0v) is 10.1. The number of rotatable bonds is 2. The first-order valence-corrected chi connectivity index (χ1v) is 5.93. The number of amides is 1. The van der Waals surface area contributed by atoms with E-state index < -0.39 is 0 Å². The van der Waals surface area contributed by atoms with Crippen LogP contribution in [0, 0.1) is 6.92 Å². The Balaban J connectivity index is 2.16. The highest BCUT2D eigenvalue weighted by molar-refractivity contribution is 5.77. The van der Waals surface area contributed by atoms with Crippen LogP contribution in [0.1, 0.15) is 17.5 Å². The molecule has 0 atom stereocenters. The van der Waals surface area contributed by atoms with Gasteiger partial charge in [-0.05, 0) is 30.2 Å².